The lowest BCUT2D eigenvalue weighted by Crippen LogP contribution is -2.51. The van der Waals surface area contributed by atoms with Crippen LogP contribution < -0.4 is 14.8 Å². The van der Waals surface area contributed by atoms with Gasteiger partial charge in [-0.15, -0.1) is 0 Å². The van der Waals surface area contributed by atoms with Gasteiger partial charge >= 0.3 is 0 Å². The van der Waals surface area contributed by atoms with Crippen LogP contribution in [0.25, 0.3) is 10.2 Å². The van der Waals surface area contributed by atoms with E-state index in [4.69, 9.17) is 9.47 Å². The highest BCUT2D eigenvalue weighted by Crippen LogP contribution is 2.60. The van der Waals surface area contributed by atoms with Gasteiger partial charge in [-0.3, -0.25) is 4.79 Å². The van der Waals surface area contributed by atoms with Crippen molar-refractivity contribution < 1.29 is 14.3 Å². The topological polar surface area (TPSA) is 60.5 Å². The fourth-order valence-corrected chi connectivity index (χ4v) is 6.86. The highest BCUT2D eigenvalue weighted by Gasteiger charge is 2.54. The number of hydrogen-bond acceptors (Lipinski definition) is 5. The summed E-state index contributed by atoms with van der Waals surface area (Å²) in [4.78, 5) is 17.8. The summed E-state index contributed by atoms with van der Waals surface area (Å²) in [6.07, 6.45) is 7.26. The van der Waals surface area contributed by atoms with Crippen LogP contribution in [0.3, 0.4) is 0 Å². The average molecular weight is 356 g/mol. The van der Waals surface area contributed by atoms with E-state index in [1.54, 1.807) is 0 Å². The van der Waals surface area contributed by atoms with E-state index in [0.29, 0.717) is 5.13 Å². The first-order valence-electron chi connectivity index (χ1n) is 9.18. The predicted octanol–water partition coefficient (Wildman–Crippen LogP) is 4.18. The first-order chi connectivity index (χ1) is 12.2. The smallest absolute Gasteiger partial charge is 0.232 e. The summed E-state index contributed by atoms with van der Waals surface area (Å²) in [7, 11) is 0. The molecule has 0 spiro atoms. The fourth-order valence-electron chi connectivity index (χ4n) is 5.99. The standard InChI is InChI=1S/C19H20N2O3S/c22-17(19-6-10-1-11(7-19)3-12(2-10)8-19)21-18-20-13-4-14-15(24-9-23-14)5-16(13)25-18/h4-5,10-12H,1-3,6-9H2,(H,20,21,22). The second kappa shape index (κ2) is 4.87. The summed E-state index contributed by atoms with van der Waals surface area (Å²) in [6.45, 7) is 0.266. The number of rotatable bonds is 2. The molecule has 6 heteroatoms. The summed E-state index contributed by atoms with van der Waals surface area (Å²) < 4.78 is 11.9. The lowest BCUT2D eigenvalue weighted by Gasteiger charge is -2.55. The number of thiazole rings is 1. The molecule has 1 aromatic carbocycles. The van der Waals surface area contributed by atoms with Gasteiger partial charge in [-0.25, -0.2) is 4.98 Å². The SMILES string of the molecule is O=C(Nc1nc2cc3c(cc2s1)OCO3)C12CC3CC(CC(C3)C1)C2. The van der Waals surface area contributed by atoms with Crippen LogP contribution >= 0.6 is 11.3 Å². The van der Waals surface area contributed by atoms with Crippen LogP contribution in [0.4, 0.5) is 5.13 Å². The van der Waals surface area contributed by atoms with Crippen molar-refractivity contribution in [3.8, 4) is 11.5 Å². The Kier molecular flexibility index (Phi) is 2.80. The molecule has 0 atom stereocenters. The molecule has 7 rings (SSSR count). The minimum absolute atomic E-state index is 0.138. The molecule has 4 bridgehead atoms. The Morgan fingerprint density at radius 3 is 2.40 bits per heavy atom. The molecule has 0 unspecified atom stereocenters. The predicted molar refractivity (Wildman–Crippen MR) is 95.0 cm³/mol. The number of nitrogens with zero attached hydrogens (tertiary/aromatic N) is 1. The number of nitrogens with one attached hydrogen (secondary N) is 1. The van der Waals surface area contributed by atoms with E-state index in [1.807, 2.05) is 12.1 Å². The van der Waals surface area contributed by atoms with Crippen molar-refractivity contribution in [2.45, 2.75) is 38.5 Å². The Morgan fingerprint density at radius 1 is 1.08 bits per heavy atom. The van der Waals surface area contributed by atoms with Crippen molar-refractivity contribution in [1.82, 2.24) is 4.98 Å². The molecule has 4 saturated carbocycles. The number of fused-ring (bicyclic) bond motifs is 2. The molecule has 1 amide bonds. The second-order valence-corrected chi connectivity index (χ2v) is 9.37. The Labute approximate surface area is 149 Å². The third kappa shape index (κ3) is 2.13. The van der Waals surface area contributed by atoms with Gasteiger partial charge in [-0.05, 0) is 56.3 Å². The summed E-state index contributed by atoms with van der Waals surface area (Å²) >= 11 is 1.52. The zero-order valence-electron chi connectivity index (χ0n) is 13.9. The van der Waals surface area contributed by atoms with Crippen molar-refractivity contribution in [2.24, 2.45) is 23.2 Å². The van der Waals surface area contributed by atoms with Gasteiger partial charge in [0.1, 0.15) is 0 Å². The normalized spacial score (nSPS) is 34.6. The van der Waals surface area contributed by atoms with E-state index in [1.165, 1.54) is 30.6 Å². The number of hydrogen-bond donors (Lipinski definition) is 1. The van der Waals surface area contributed by atoms with Crippen molar-refractivity contribution >= 4 is 32.6 Å². The Balaban J connectivity index is 1.29. The molecule has 1 aliphatic heterocycles. The lowest BCUT2D eigenvalue weighted by molar-refractivity contribution is -0.140. The molecular formula is C19H20N2O3S. The first kappa shape index (κ1) is 14.4. The molecule has 1 aromatic heterocycles. The van der Waals surface area contributed by atoms with E-state index >= 15 is 0 Å². The monoisotopic (exact) mass is 356 g/mol. The molecule has 0 saturated heterocycles. The van der Waals surface area contributed by atoms with Crippen molar-refractivity contribution in [3.63, 3.8) is 0 Å². The van der Waals surface area contributed by atoms with E-state index in [-0.39, 0.29) is 18.1 Å². The Hall–Kier alpha value is -1.82. The van der Waals surface area contributed by atoms with Crippen molar-refractivity contribution in [1.29, 1.82) is 0 Å². The lowest BCUT2D eigenvalue weighted by atomic mass is 9.49. The van der Waals surface area contributed by atoms with Crippen LogP contribution in [-0.4, -0.2) is 17.7 Å². The molecule has 4 fully saturated rings. The fraction of sp³-hybridized carbons (Fsp3) is 0.579. The molecule has 5 nitrogen and oxygen atoms in total. The van der Waals surface area contributed by atoms with E-state index < -0.39 is 0 Å². The molecule has 4 aliphatic carbocycles. The Bertz CT molecular complexity index is 814. The van der Waals surface area contributed by atoms with E-state index in [0.717, 1.165) is 58.7 Å². The molecular weight excluding hydrogens is 336 g/mol. The van der Waals surface area contributed by atoms with Gasteiger partial charge in [0.15, 0.2) is 16.6 Å². The van der Waals surface area contributed by atoms with Gasteiger partial charge in [-0.1, -0.05) is 11.3 Å². The van der Waals surface area contributed by atoms with E-state index in [2.05, 4.69) is 10.3 Å². The first-order valence-corrected chi connectivity index (χ1v) is 10.0. The minimum atomic E-state index is -0.138. The number of anilines is 1. The van der Waals surface area contributed by atoms with Crippen LogP contribution in [0.1, 0.15) is 38.5 Å². The van der Waals surface area contributed by atoms with Crippen LogP contribution in [-0.2, 0) is 4.79 Å². The molecule has 1 N–H and O–H groups in total. The second-order valence-electron chi connectivity index (χ2n) is 8.34. The maximum Gasteiger partial charge on any atom is 0.232 e. The summed E-state index contributed by atoms with van der Waals surface area (Å²) in [5.41, 5.74) is 0.718. The number of aromatic nitrogens is 1. The van der Waals surface area contributed by atoms with Crippen LogP contribution in [0.5, 0.6) is 11.5 Å². The third-order valence-electron chi connectivity index (χ3n) is 6.62. The zero-order chi connectivity index (χ0) is 16.6. The maximum absolute atomic E-state index is 13.2. The number of amides is 1. The van der Waals surface area contributed by atoms with Gasteiger partial charge in [0, 0.05) is 12.1 Å². The van der Waals surface area contributed by atoms with Crippen molar-refractivity contribution in [3.05, 3.63) is 12.1 Å². The summed E-state index contributed by atoms with van der Waals surface area (Å²) in [6, 6.07) is 3.85. The molecule has 2 heterocycles. The maximum atomic E-state index is 13.2. The number of carbonyl (C=O) groups excluding carboxylic acids is 1. The zero-order valence-corrected chi connectivity index (χ0v) is 14.7. The van der Waals surface area contributed by atoms with Crippen molar-refractivity contribution in [2.75, 3.05) is 12.1 Å². The number of carbonyl (C=O) groups is 1. The van der Waals surface area contributed by atoms with E-state index in [9.17, 15) is 4.79 Å². The van der Waals surface area contributed by atoms with Crippen LogP contribution in [0.15, 0.2) is 12.1 Å². The van der Waals surface area contributed by atoms with Gasteiger partial charge in [0.05, 0.1) is 15.6 Å². The minimum Gasteiger partial charge on any atom is -0.454 e. The highest BCUT2D eigenvalue weighted by atomic mass is 32.1. The molecule has 130 valence electrons. The van der Waals surface area contributed by atoms with Gasteiger partial charge in [-0.2, -0.15) is 0 Å². The summed E-state index contributed by atoms with van der Waals surface area (Å²) in [5.74, 6) is 4.00. The average Bonchev–Trinajstić information content (AvgIpc) is 3.16. The largest absolute Gasteiger partial charge is 0.454 e. The molecule has 0 radical (unpaired) electrons. The number of ether oxygens (including phenoxy) is 2. The Morgan fingerprint density at radius 2 is 1.72 bits per heavy atom. The third-order valence-corrected chi connectivity index (χ3v) is 7.56. The van der Waals surface area contributed by atoms with Crippen LogP contribution in [0.2, 0.25) is 0 Å². The molecule has 5 aliphatic rings. The van der Waals surface area contributed by atoms with Gasteiger partial charge < -0.3 is 14.8 Å². The van der Waals surface area contributed by atoms with Crippen LogP contribution in [0, 0.1) is 23.2 Å². The summed E-state index contributed by atoms with van der Waals surface area (Å²) in [5, 5.41) is 3.84. The quantitative estimate of drug-likeness (QED) is 0.877. The molecule has 2 aromatic rings. The molecule has 25 heavy (non-hydrogen) atoms. The number of benzene rings is 1. The van der Waals surface area contributed by atoms with Gasteiger partial charge in [0.25, 0.3) is 0 Å². The highest BCUT2D eigenvalue weighted by molar-refractivity contribution is 7.22. The van der Waals surface area contributed by atoms with Gasteiger partial charge in [0.2, 0.25) is 12.7 Å².